The first kappa shape index (κ1) is 28.5. The zero-order chi connectivity index (χ0) is 21.9. The van der Waals surface area contributed by atoms with E-state index in [1.807, 2.05) is 34.6 Å². The van der Waals surface area contributed by atoms with Crippen LogP contribution in [0.2, 0.25) is 0 Å². The summed E-state index contributed by atoms with van der Waals surface area (Å²) in [5.41, 5.74) is 1.63. The molecule has 0 saturated carbocycles. The Morgan fingerprint density at radius 1 is 1.23 bits per heavy atom. The van der Waals surface area contributed by atoms with Crippen molar-refractivity contribution in [3.8, 4) is 0 Å². The fraction of sp³-hybridized carbons (Fsp3) is 0.762. The van der Waals surface area contributed by atoms with Crippen molar-refractivity contribution in [2.75, 3.05) is 20.1 Å². The highest BCUT2D eigenvalue weighted by Crippen LogP contribution is 2.13. The fourth-order valence-corrected chi connectivity index (χ4v) is 2.92. The van der Waals surface area contributed by atoms with Gasteiger partial charge in [-0.15, -0.1) is 24.0 Å². The predicted octanol–water partition coefficient (Wildman–Crippen LogP) is 4.09. The number of nitrogens with zero attached hydrogens (tertiary/aromatic N) is 2. The third-order valence-corrected chi connectivity index (χ3v) is 4.44. The Hall–Kier alpha value is -1.52. The van der Waals surface area contributed by atoms with Gasteiger partial charge in [0.15, 0.2) is 5.96 Å². The summed E-state index contributed by atoms with van der Waals surface area (Å²) in [7, 11) is 1.75. The van der Waals surface area contributed by atoms with Gasteiger partial charge < -0.3 is 25.2 Å². The molecule has 0 radical (unpaired) electrons. The molecule has 0 fully saturated rings. The number of carbonyl (C=O) groups excluding carboxylic acids is 1. The van der Waals surface area contributed by atoms with Gasteiger partial charge in [0.25, 0.3) is 0 Å². The van der Waals surface area contributed by atoms with Crippen LogP contribution in [0.5, 0.6) is 0 Å². The molecule has 0 saturated heterocycles. The second kappa shape index (κ2) is 14.5. The van der Waals surface area contributed by atoms with E-state index in [1.54, 1.807) is 7.05 Å². The topological polar surface area (TPSA) is 101 Å². The lowest BCUT2D eigenvalue weighted by Crippen LogP contribution is -2.49. The normalized spacial score (nSPS) is 12.7. The molecule has 1 amide bonds. The molecule has 1 rings (SSSR count). The molecule has 1 aromatic heterocycles. The monoisotopic (exact) mass is 537 g/mol. The summed E-state index contributed by atoms with van der Waals surface area (Å²) in [5.74, 6) is 1.62. The van der Waals surface area contributed by atoms with Crippen LogP contribution >= 0.6 is 24.0 Å². The summed E-state index contributed by atoms with van der Waals surface area (Å²) in [5, 5.41) is 13.6. The highest BCUT2D eigenvalue weighted by Gasteiger charge is 2.18. The maximum Gasteiger partial charge on any atom is 0.407 e. The van der Waals surface area contributed by atoms with Crippen LogP contribution in [0.1, 0.15) is 70.4 Å². The number of amides is 1. The Kier molecular flexibility index (Phi) is 13.7. The van der Waals surface area contributed by atoms with E-state index in [2.05, 4.69) is 33.0 Å². The second-order valence-electron chi connectivity index (χ2n) is 8.27. The first-order valence-corrected chi connectivity index (χ1v) is 10.5. The van der Waals surface area contributed by atoms with Crippen LogP contribution < -0.4 is 16.0 Å². The molecular weight excluding hydrogens is 497 g/mol. The largest absolute Gasteiger partial charge is 0.444 e. The van der Waals surface area contributed by atoms with E-state index >= 15 is 0 Å². The van der Waals surface area contributed by atoms with Crippen LogP contribution in [0, 0.1) is 13.8 Å². The highest BCUT2D eigenvalue weighted by atomic mass is 127. The standard InChI is InChI=1S/C21H39N5O3.HI/c1-8-9-11-17(14-24-20(27)28-21(4,5)6)25-19(22-7)23-13-10-12-18-15(2)26-29-16(18)3;/h17H,8-14H2,1-7H3,(H,24,27)(H2,22,23,25);1H. The van der Waals surface area contributed by atoms with Gasteiger partial charge in [-0.3, -0.25) is 4.99 Å². The number of carbonyl (C=O) groups is 1. The summed E-state index contributed by atoms with van der Waals surface area (Å²) < 4.78 is 10.5. The van der Waals surface area contributed by atoms with E-state index in [-0.39, 0.29) is 30.0 Å². The van der Waals surface area contributed by atoms with Gasteiger partial charge in [0.2, 0.25) is 0 Å². The zero-order valence-corrected chi connectivity index (χ0v) is 21.9. The summed E-state index contributed by atoms with van der Waals surface area (Å²) in [6, 6.07) is 0.0798. The molecule has 1 unspecified atom stereocenters. The average Bonchev–Trinajstić information content (AvgIpc) is 2.96. The number of guanidine groups is 1. The first-order chi connectivity index (χ1) is 13.7. The van der Waals surface area contributed by atoms with Crippen molar-refractivity contribution in [3.05, 3.63) is 17.0 Å². The molecule has 1 heterocycles. The number of aryl methyl sites for hydroxylation is 2. The molecule has 0 bridgehead atoms. The van der Waals surface area contributed by atoms with Crippen LogP contribution in [0.15, 0.2) is 9.52 Å². The lowest BCUT2D eigenvalue weighted by Gasteiger charge is -2.24. The van der Waals surface area contributed by atoms with Crippen LogP contribution in [0.3, 0.4) is 0 Å². The number of hydrogen-bond acceptors (Lipinski definition) is 5. The molecule has 174 valence electrons. The van der Waals surface area contributed by atoms with E-state index in [4.69, 9.17) is 9.26 Å². The van der Waals surface area contributed by atoms with Crippen LogP contribution in [-0.2, 0) is 11.2 Å². The maximum absolute atomic E-state index is 12.0. The minimum absolute atomic E-state index is 0. The number of hydrogen-bond donors (Lipinski definition) is 3. The van der Waals surface area contributed by atoms with Crippen molar-refractivity contribution >= 4 is 36.0 Å². The van der Waals surface area contributed by atoms with Gasteiger partial charge in [-0.2, -0.15) is 0 Å². The van der Waals surface area contributed by atoms with Gasteiger partial charge in [-0.25, -0.2) is 4.79 Å². The molecule has 0 aliphatic heterocycles. The summed E-state index contributed by atoms with van der Waals surface area (Å²) in [6.45, 7) is 12.9. The second-order valence-corrected chi connectivity index (χ2v) is 8.27. The quantitative estimate of drug-likeness (QED) is 0.180. The molecule has 1 atom stereocenters. The van der Waals surface area contributed by atoms with Gasteiger partial charge in [0.05, 0.1) is 5.69 Å². The Morgan fingerprint density at radius 2 is 1.93 bits per heavy atom. The molecule has 0 aromatic carbocycles. The number of aromatic nitrogens is 1. The van der Waals surface area contributed by atoms with Crippen molar-refractivity contribution in [2.24, 2.45) is 4.99 Å². The summed E-state index contributed by atoms with van der Waals surface area (Å²) in [6.07, 6.45) is 4.55. The van der Waals surface area contributed by atoms with Gasteiger partial charge in [0.1, 0.15) is 11.4 Å². The van der Waals surface area contributed by atoms with Crippen LogP contribution in [0.25, 0.3) is 0 Å². The molecule has 30 heavy (non-hydrogen) atoms. The lowest BCUT2D eigenvalue weighted by atomic mass is 10.1. The van der Waals surface area contributed by atoms with E-state index < -0.39 is 11.7 Å². The Bertz CT molecular complexity index is 636. The van der Waals surface area contributed by atoms with Crippen molar-refractivity contribution < 1.29 is 14.1 Å². The zero-order valence-electron chi connectivity index (χ0n) is 19.6. The summed E-state index contributed by atoms with van der Waals surface area (Å²) >= 11 is 0. The number of rotatable bonds is 10. The molecule has 0 aliphatic rings. The van der Waals surface area contributed by atoms with Crippen molar-refractivity contribution in [1.29, 1.82) is 0 Å². The van der Waals surface area contributed by atoms with Gasteiger partial charge in [-0.1, -0.05) is 24.9 Å². The van der Waals surface area contributed by atoms with Crippen LogP contribution in [-0.4, -0.2) is 49.0 Å². The van der Waals surface area contributed by atoms with E-state index in [0.29, 0.717) is 6.54 Å². The number of aliphatic imine (C=N–C) groups is 1. The smallest absolute Gasteiger partial charge is 0.407 e. The lowest BCUT2D eigenvalue weighted by molar-refractivity contribution is 0.0522. The van der Waals surface area contributed by atoms with Crippen molar-refractivity contribution in [1.82, 2.24) is 21.1 Å². The molecule has 0 spiro atoms. The molecule has 8 nitrogen and oxygen atoms in total. The maximum atomic E-state index is 12.0. The molecule has 1 aromatic rings. The Labute approximate surface area is 198 Å². The number of ether oxygens (including phenoxy) is 1. The van der Waals surface area contributed by atoms with Crippen LogP contribution in [0.4, 0.5) is 4.79 Å². The highest BCUT2D eigenvalue weighted by molar-refractivity contribution is 14.0. The van der Waals surface area contributed by atoms with E-state index in [1.165, 1.54) is 5.56 Å². The van der Waals surface area contributed by atoms with E-state index in [0.717, 1.165) is 56.1 Å². The third-order valence-electron chi connectivity index (χ3n) is 4.44. The third kappa shape index (κ3) is 11.6. The fourth-order valence-electron chi connectivity index (χ4n) is 2.92. The number of nitrogens with one attached hydrogen (secondary N) is 3. The molecule has 3 N–H and O–H groups in total. The van der Waals surface area contributed by atoms with Gasteiger partial charge in [-0.05, 0) is 53.9 Å². The van der Waals surface area contributed by atoms with E-state index in [9.17, 15) is 4.79 Å². The molecule has 9 heteroatoms. The average molecular weight is 537 g/mol. The Balaban J connectivity index is 0.00000841. The first-order valence-electron chi connectivity index (χ1n) is 10.5. The number of unbranched alkanes of at least 4 members (excludes halogenated alkanes) is 1. The van der Waals surface area contributed by atoms with Gasteiger partial charge >= 0.3 is 6.09 Å². The van der Waals surface area contributed by atoms with Gasteiger partial charge in [0, 0.05) is 31.7 Å². The van der Waals surface area contributed by atoms with Crippen molar-refractivity contribution in [2.45, 2.75) is 85.3 Å². The minimum Gasteiger partial charge on any atom is -0.444 e. The SMILES string of the molecule is CCCCC(CNC(=O)OC(C)(C)C)NC(=NC)NCCCc1c(C)noc1C.I. The minimum atomic E-state index is -0.505. The predicted molar refractivity (Wildman–Crippen MR) is 132 cm³/mol. The van der Waals surface area contributed by atoms with Crippen molar-refractivity contribution in [3.63, 3.8) is 0 Å². The molecular formula is C21H40IN5O3. The summed E-state index contributed by atoms with van der Waals surface area (Å²) in [4.78, 5) is 16.3. The number of alkyl carbamates (subject to hydrolysis) is 1. The molecule has 0 aliphatic carbocycles. The Morgan fingerprint density at radius 3 is 2.47 bits per heavy atom. The number of halogens is 1.